The standard InChI is InChI=1S/C12H11IN4O3S/c1-2-16-11(14-7-15-16)6-17-12(18)9-4-3-8(13)5-10(9)21(17,19)20/h3-5,7H,2,6H2,1H3. The summed E-state index contributed by atoms with van der Waals surface area (Å²) in [6.45, 7) is 2.32. The van der Waals surface area contributed by atoms with E-state index in [0.29, 0.717) is 12.4 Å². The Morgan fingerprint density at radius 2 is 2.10 bits per heavy atom. The van der Waals surface area contributed by atoms with E-state index in [1.807, 2.05) is 29.5 Å². The Morgan fingerprint density at radius 3 is 2.81 bits per heavy atom. The number of aromatic nitrogens is 3. The summed E-state index contributed by atoms with van der Waals surface area (Å²) in [5.41, 5.74) is 0.206. The van der Waals surface area contributed by atoms with Gasteiger partial charge < -0.3 is 0 Å². The zero-order chi connectivity index (χ0) is 15.2. The Morgan fingerprint density at radius 1 is 1.33 bits per heavy atom. The predicted octanol–water partition coefficient (Wildman–Crippen LogP) is 1.25. The number of carbonyl (C=O) groups is 1. The van der Waals surface area contributed by atoms with Crippen molar-refractivity contribution in [2.45, 2.75) is 24.9 Å². The van der Waals surface area contributed by atoms with Crippen molar-refractivity contribution in [2.75, 3.05) is 0 Å². The van der Waals surface area contributed by atoms with Crippen LogP contribution in [0.3, 0.4) is 0 Å². The largest absolute Gasteiger partial charge is 0.269 e. The number of nitrogens with zero attached hydrogens (tertiary/aromatic N) is 4. The number of aryl methyl sites for hydroxylation is 1. The second-order valence-electron chi connectivity index (χ2n) is 4.45. The van der Waals surface area contributed by atoms with Gasteiger partial charge in [-0.25, -0.2) is 22.4 Å². The van der Waals surface area contributed by atoms with Crippen LogP contribution in [0.25, 0.3) is 0 Å². The zero-order valence-electron chi connectivity index (χ0n) is 11.0. The van der Waals surface area contributed by atoms with Crippen molar-refractivity contribution in [3.8, 4) is 0 Å². The summed E-state index contributed by atoms with van der Waals surface area (Å²) in [5, 5.41) is 3.98. The molecule has 0 unspecified atom stereocenters. The molecule has 1 aromatic heterocycles. The molecule has 0 spiro atoms. The van der Waals surface area contributed by atoms with Gasteiger partial charge in [-0.1, -0.05) is 0 Å². The number of fused-ring (bicyclic) bond motifs is 1. The summed E-state index contributed by atoms with van der Waals surface area (Å²) in [4.78, 5) is 16.4. The van der Waals surface area contributed by atoms with Gasteiger partial charge >= 0.3 is 0 Å². The molecule has 1 aliphatic rings. The summed E-state index contributed by atoms with van der Waals surface area (Å²) in [6.07, 6.45) is 1.35. The number of rotatable bonds is 3. The van der Waals surface area contributed by atoms with Crippen molar-refractivity contribution in [3.63, 3.8) is 0 Å². The Balaban J connectivity index is 2.04. The summed E-state index contributed by atoms with van der Waals surface area (Å²) < 4.78 is 28.2. The third-order valence-corrected chi connectivity index (χ3v) is 5.69. The summed E-state index contributed by atoms with van der Waals surface area (Å²) in [7, 11) is -3.82. The van der Waals surface area contributed by atoms with Gasteiger partial charge in [-0.15, -0.1) is 0 Å². The maximum Gasteiger partial charge on any atom is 0.269 e. The van der Waals surface area contributed by atoms with Crippen molar-refractivity contribution >= 4 is 38.5 Å². The van der Waals surface area contributed by atoms with E-state index in [1.165, 1.54) is 12.4 Å². The fourth-order valence-electron chi connectivity index (χ4n) is 2.21. The topological polar surface area (TPSA) is 85.2 Å². The van der Waals surface area contributed by atoms with Crippen molar-refractivity contribution < 1.29 is 13.2 Å². The summed E-state index contributed by atoms with van der Waals surface area (Å²) in [6, 6.07) is 4.76. The minimum Gasteiger partial charge on any atom is -0.268 e. The van der Waals surface area contributed by atoms with Crippen LogP contribution in [0.5, 0.6) is 0 Å². The Bertz CT molecular complexity index is 831. The molecule has 2 aromatic rings. The van der Waals surface area contributed by atoms with Crippen LogP contribution in [-0.2, 0) is 23.1 Å². The van der Waals surface area contributed by atoms with Crippen molar-refractivity contribution in [2.24, 2.45) is 0 Å². The number of carbonyl (C=O) groups excluding carboxylic acids is 1. The molecular formula is C12H11IN4O3S. The van der Waals surface area contributed by atoms with Crippen LogP contribution < -0.4 is 0 Å². The molecule has 0 fully saturated rings. The van der Waals surface area contributed by atoms with Crippen molar-refractivity contribution in [3.05, 3.63) is 39.5 Å². The SMILES string of the molecule is CCn1ncnc1CN1C(=O)c2ccc(I)cc2S1(=O)=O. The summed E-state index contributed by atoms with van der Waals surface area (Å²) >= 11 is 2.02. The Labute approximate surface area is 135 Å². The lowest BCUT2D eigenvalue weighted by molar-refractivity contribution is 0.0861. The highest BCUT2D eigenvalue weighted by Gasteiger charge is 2.41. The van der Waals surface area contributed by atoms with E-state index >= 15 is 0 Å². The molecule has 2 heterocycles. The number of hydrogen-bond acceptors (Lipinski definition) is 5. The maximum atomic E-state index is 12.5. The first-order chi connectivity index (χ1) is 9.95. The molecule has 0 saturated carbocycles. The highest BCUT2D eigenvalue weighted by Crippen LogP contribution is 2.32. The lowest BCUT2D eigenvalue weighted by Crippen LogP contribution is -2.30. The Kier molecular flexibility index (Phi) is 3.48. The minimum absolute atomic E-state index is 0.0574. The highest BCUT2D eigenvalue weighted by atomic mass is 127. The van der Waals surface area contributed by atoms with Gasteiger partial charge in [0.05, 0.1) is 12.1 Å². The molecular weight excluding hydrogens is 407 g/mol. The van der Waals surface area contributed by atoms with Gasteiger partial charge in [-0.05, 0) is 47.7 Å². The molecule has 110 valence electrons. The first kappa shape index (κ1) is 14.4. The fourth-order valence-corrected chi connectivity index (χ4v) is 4.46. The predicted molar refractivity (Wildman–Crippen MR) is 81.9 cm³/mol. The molecule has 1 aliphatic heterocycles. The summed E-state index contributed by atoms with van der Waals surface area (Å²) in [5.74, 6) is -0.0796. The van der Waals surface area contributed by atoms with Crippen LogP contribution in [0.4, 0.5) is 0 Å². The first-order valence-corrected chi connectivity index (χ1v) is 8.70. The molecule has 21 heavy (non-hydrogen) atoms. The number of benzene rings is 1. The van der Waals surface area contributed by atoms with E-state index in [4.69, 9.17) is 0 Å². The molecule has 0 radical (unpaired) electrons. The van der Waals surface area contributed by atoms with Crippen LogP contribution >= 0.6 is 22.6 Å². The van der Waals surface area contributed by atoms with Crippen LogP contribution in [0.2, 0.25) is 0 Å². The van der Waals surface area contributed by atoms with Gasteiger partial charge in [0, 0.05) is 10.1 Å². The average molecular weight is 418 g/mol. The van der Waals surface area contributed by atoms with E-state index in [0.717, 1.165) is 7.88 Å². The second-order valence-corrected chi connectivity index (χ2v) is 7.53. The van der Waals surface area contributed by atoms with Crippen LogP contribution in [0.15, 0.2) is 29.4 Å². The molecule has 1 amide bonds. The second kappa shape index (κ2) is 5.05. The van der Waals surface area contributed by atoms with Gasteiger partial charge in [0.2, 0.25) is 0 Å². The molecule has 0 bridgehead atoms. The lowest BCUT2D eigenvalue weighted by Gasteiger charge is -2.14. The third kappa shape index (κ3) is 2.24. The molecule has 7 nitrogen and oxygen atoms in total. The van der Waals surface area contributed by atoms with Crippen LogP contribution in [0, 0.1) is 3.57 Å². The average Bonchev–Trinajstić information content (AvgIpc) is 2.96. The lowest BCUT2D eigenvalue weighted by atomic mass is 10.2. The van der Waals surface area contributed by atoms with E-state index in [1.54, 1.807) is 16.8 Å². The van der Waals surface area contributed by atoms with Gasteiger partial charge in [-0.2, -0.15) is 5.10 Å². The molecule has 0 N–H and O–H groups in total. The zero-order valence-corrected chi connectivity index (χ0v) is 14.0. The van der Waals surface area contributed by atoms with Gasteiger partial charge in [0.15, 0.2) is 0 Å². The Hall–Kier alpha value is -1.49. The van der Waals surface area contributed by atoms with E-state index in [9.17, 15) is 13.2 Å². The fraction of sp³-hybridized carbons (Fsp3) is 0.250. The van der Waals surface area contributed by atoms with E-state index < -0.39 is 15.9 Å². The van der Waals surface area contributed by atoms with Crippen LogP contribution in [0.1, 0.15) is 23.1 Å². The molecule has 0 saturated heterocycles. The van der Waals surface area contributed by atoms with Gasteiger partial charge in [-0.3, -0.25) is 4.79 Å². The number of sulfonamides is 1. The molecule has 3 rings (SSSR count). The van der Waals surface area contributed by atoms with Crippen LogP contribution in [-0.4, -0.2) is 33.4 Å². The van der Waals surface area contributed by atoms with E-state index in [-0.39, 0.29) is 17.0 Å². The minimum atomic E-state index is -3.82. The monoisotopic (exact) mass is 418 g/mol. The van der Waals surface area contributed by atoms with Crippen molar-refractivity contribution in [1.29, 1.82) is 0 Å². The first-order valence-electron chi connectivity index (χ1n) is 6.18. The molecule has 0 aliphatic carbocycles. The normalized spacial score (nSPS) is 16.3. The number of hydrogen-bond donors (Lipinski definition) is 0. The molecule has 0 atom stereocenters. The van der Waals surface area contributed by atoms with Gasteiger partial charge in [0.1, 0.15) is 17.0 Å². The smallest absolute Gasteiger partial charge is 0.268 e. The highest BCUT2D eigenvalue weighted by molar-refractivity contribution is 14.1. The third-order valence-electron chi connectivity index (χ3n) is 3.25. The van der Waals surface area contributed by atoms with E-state index in [2.05, 4.69) is 10.1 Å². The molecule has 1 aromatic carbocycles. The molecule has 9 heteroatoms. The van der Waals surface area contributed by atoms with Crippen molar-refractivity contribution in [1.82, 2.24) is 19.1 Å². The van der Waals surface area contributed by atoms with Gasteiger partial charge in [0.25, 0.3) is 15.9 Å². The number of halogens is 1. The number of amides is 1. The maximum absolute atomic E-state index is 12.5. The quantitative estimate of drug-likeness (QED) is 0.701.